The lowest BCUT2D eigenvalue weighted by Gasteiger charge is -2.07. The summed E-state index contributed by atoms with van der Waals surface area (Å²) in [6.45, 7) is 0.418. The van der Waals surface area contributed by atoms with E-state index in [2.05, 4.69) is 10.3 Å². The molecular formula is C13H10ClFN4. The number of benzene rings is 1. The number of nitrogens with zero attached hydrogens (tertiary/aromatic N) is 2. The number of pyridine rings is 1. The molecule has 4 nitrogen and oxygen atoms in total. The first-order valence-corrected chi connectivity index (χ1v) is 5.82. The molecule has 6 heteroatoms. The molecule has 96 valence electrons. The number of nitrogens with two attached hydrogens (primary N) is 1. The van der Waals surface area contributed by atoms with Crippen molar-refractivity contribution in [2.75, 3.05) is 11.1 Å². The molecule has 1 aromatic carbocycles. The third-order valence-corrected chi connectivity index (χ3v) is 2.78. The molecular weight excluding hydrogens is 267 g/mol. The summed E-state index contributed by atoms with van der Waals surface area (Å²) in [5.74, 6) is 0.0639. The highest BCUT2D eigenvalue weighted by atomic mass is 35.5. The first-order chi connectivity index (χ1) is 9.10. The molecule has 19 heavy (non-hydrogen) atoms. The number of anilines is 2. The predicted molar refractivity (Wildman–Crippen MR) is 72.1 cm³/mol. The molecule has 2 aromatic rings. The van der Waals surface area contributed by atoms with E-state index in [9.17, 15) is 4.39 Å². The SMILES string of the molecule is N#Cc1nc(NCc2ccc(F)c(Cl)c2)ccc1N. The molecule has 0 aliphatic carbocycles. The van der Waals surface area contributed by atoms with Gasteiger partial charge >= 0.3 is 0 Å². The van der Waals surface area contributed by atoms with Crippen molar-refractivity contribution in [2.24, 2.45) is 0 Å². The van der Waals surface area contributed by atoms with E-state index in [1.54, 1.807) is 18.2 Å². The van der Waals surface area contributed by atoms with Crippen LogP contribution in [0.3, 0.4) is 0 Å². The predicted octanol–water partition coefficient (Wildman–Crippen LogP) is 2.94. The summed E-state index contributed by atoms with van der Waals surface area (Å²) in [6.07, 6.45) is 0. The average Bonchev–Trinajstić information content (AvgIpc) is 2.41. The maximum Gasteiger partial charge on any atom is 0.165 e. The number of halogens is 2. The number of hydrogen-bond donors (Lipinski definition) is 2. The Hall–Kier alpha value is -2.32. The van der Waals surface area contributed by atoms with Crippen molar-refractivity contribution < 1.29 is 4.39 Å². The Kier molecular flexibility index (Phi) is 3.83. The molecule has 0 unspecified atom stereocenters. The monoisotopic (exact) mass is 276 g/mol. The largest absolute Gasteiger partial charge is 0.396 e. The number of nitrogens with one attached hydrogen (secondary N) is 1. The van der Waals surface area contributed by atoms with Crippen molar-refractivity contribution in [2.45, 2.75) is 6.54 Å². The van der Waals surface area contributed by atoms with Crippen LogP contribution in [0.2, 0.25) is 5.02 Å². The molecule has 0 radical (unpaired) electrons. The second kappa shape index (κ2) is 5.55. The summed E-state index contributed by atoms with van der Waals surface area (Å²) < 4.78 is 13.0. The van der Waals surface area contributed by atoms with Crippen LogP contribution in [0, 0.1) is 17.1 Å². The van der Waals surface area contributed by atoms with Crippen molar-refractivity contribution >= 4 is 23.1 Å². The number of nitrogen functional groups attached to an aromatic ring is 1. The van der Waals surface area contributed by atoms with E-state index in [0.717, 1.165) is 5.56 Å². The van der Waals surface area contributed by atoms with E-state index in [1.165, 1.54) is 12.1 Å². The summed E-state index contributed by atoms with van der Waals surface area (Å²) in [5.41, 5.74) is 6.88. The molecule has 0 atom stereocenters. The fourth-order valence-electron chi connectivity index (χ4n) is 1.50. The lowest BCUT2D eigenvalue weighted by atomic mass is 10.2. The maximum absolute atomic E-state index is 13.0. The minimum Gasteiger partial charge on any atom is -0.396 e. The van der Waals surface area contributed by atoms with Crippen LogP contribution < -0.4 is 11.1 Å². The first kappa shape index (κ1) is 13.1. The van der Waals surface area contributed by atoms with Gasteiger partial charge < -0.3 is 11.1 Å². The smallest absolute Gasteiger partial charge is 0.165 e. The summed E-state index contributed by atoms with van der Waals surface area (Å²) in [6, 6.07) is 9.63. The second-order valence-corrected chi connectivity index (χ2v) is 4.26. The van der Waals surface area contributed by atoms with E-state index in [1.807, 2.05) is 6.07 Å². The molecule has 0 aliphatic rings. The molecule has 0 amide bonds. The van der Waals surface area contributed by atoms with Gasteiger partial charge in [0.2, 0.25) is 0 Å². The van der Waals surface area contributed by atoms with Crippen LogP contribution in [0.4, 0.5) is 15.9 Å². The van der Waals surface area contributed by atoms with Crippen LogP contribution in [0.15, 0.2) is 30.3 Å². The zero-order valence-electron chi connectivity index (χ0n) is 9.82. The number of aromatic nitrogens is 1. The van der Waals surface area contributed by atoms with Gasteiger partial charge in [0.15, 0.2) is 5.69 Å². The van der Waals surface area contributed by atoms with E-state index < -0.39 is 5.82 Å². The van der Waals surface area contributed by atoms with Crippen molar-refractivity contribution in [1.29, 1.82) is 5.26 Å². The third-order valence-electron chi connectivity index (χ3n) is 2.49. The molecule has 0 spiro atoms. The molecule has 1 aromatic heterocycles. The Labute approximate surface area is 114 Å². The second-order valence-electron chi connectivity index (χ2n) is 3.85. The highest BCUT2D eigenvalue weighted by Gasteiger charge is 2.03. The Morgan fingerprint density at radius 1 is 1.37 bits per heavy atom. The number of hydrogen-bond acceptors (Lipinski definition) is 4. The summed E-state index contributed by atoms with van der Waals surface area (Å²) in [7, 11) is 0. The lowest BCUT2D eigenvalue weighted by Crippen LogP contribution is -2.03. The highest BCUT2D eigenvalue weighted by Crippen LogP contribution is 2.17. The molecule has 3 N–H and O–H groups in total. The van der Waals surface area contributed by atoms with Crippen molar-refractivity contribution in [3.63, 3.8) is 0 Å². The van der Waals surface area contributed by atoms with Gasteiger partial charge in [0.05, 0.1) is 10.7 Å². The summed E-state index contributed by atoms with van der Waals surface area (Å²) in [5, 5.41) is 11.9. The van der Waals surface area contributed by atoms with Crippen molar-refractivity contribution in [3.8, 4) is 6.07 Å². The van der Waals surface area contributed by atoms with Gasteiger partial charge in [-0.1, -0.05) is 17.7 Å². The Bertz CT molecular complexity index is 652. The molecule has 0 fully saturated rings. The van der Waals surface area contributed by atoms with Gasteiger partial charge in [0.1, 0.15) is 17.7 Å². The van der Waals surface area contributed by atoms with Crippen LogP contribution in [-0.4, -0.2) is 4.98 Å². The Morgan fingerprint density at radius 3 is 2.84 bits per heavy atom. The van der Waals surface area contributed by atoms with Crippen molar-refractivity contribution in [1.82, 2.24) is 4.98 Å². The molecule has 2 rings (SSSR count). The van der Waals surface area contributed by atoms with E-state index in [4.69, 9.17) is 22.6 Å². The standard InChI is InChI=1S/C13H10ClFN4/c14-9-5-8(1-2-10(9)15)7-18-13-4-3-11(17)12(6-16)19-13/h1-5H,7,17H2,(H,18,19). The minimum atomic E-state index is -0.456. The maximum atomic E-state index is 13.0. The molecule has 0 bridgehead atoms. The van der Waals surface area contributed by atoms with Crippen LogP contribution in [0.5, 0.6) is 0 Å². The summed E-state index contributed by atoms with van der Waals surface area (Å²) in [4.78, 5) is 4.04. The number of nitriles is 1. The first-order valence-electron chi connectivity index (χ1n) is 5.44. The topological polar surface area (TPSA) is 74.7 Å². The van der Waals surface area contributed by atoms with Crippen LogP contribution in [0.25, 0.3) is 0 Å². The van der Waals surface area contributed by atoms with Gasteiger partial charge in [-0.15, -0.1) is 0 Å². The van der Waals surface area contributed by atoms with Gasteiger partial charge in [-0.3, -0.25) is 0 Å². The Balaban J connectivity index is 2.10. The average molecular weight is 277 g/mol. The van der Waals surface area contributed by atoms with Gasteiger partial charge in [0.25, 0.3) is 0 Å². The normalized spacial score (nSPS) is 9.95. The van der Waals surface area contributed by atoms with Crippen LogP contribution in [-0.2, 0) is 6.54 Å². The van der Waals surface area contributed by atoms with Gasteiger partial charge in [-0.2, -0.15) is 5.26 Å². The van der Waals surface area contributed by atoms with E-state index >= 15 is 0 Å². The molecule has 1 heterocycles. The zero-order chi connectivity index (χ0) is 13.8. The van der Waals surface area contributed by atoms with E-state index in [-0.39, 0.29) is 10.7 Å². The molecule has 0 aliphatic heterocycles. The Morgan fingerprint density at radius 2 is 2.16 bits per heavy atom. The van der Waals surface area contributed by atoms with E-state index in [0.29, 0.717) is 18.1 Å². The third kappa shape index (κ3) is 3.12. The minimum absolute atomic E-state index is 0.0716. The van der Waals surface area contributed by atoms with Crippen molar-refractivity contribution in [3.05, 3.63) is 52.4 Å². The fourth-order valence-corrected chi connectivity index (χ4v) is 1.70. The zero-order valence-corrected chi connectivity index (χ0v) is 10.6. The number of rotatable bonds is 3. The molecule has 0 saturated heterocycles. The van der Waals surface area contributed by atoms with Crippen LogP contribution in [0.1, 0.15) is 11.3 Å². The quantitative estimate of drug-likeness (QED) is 0.904. The molecule has 0 saturated carbocycles. The van der Waals surface area contributed by atoms with Gasteiger partial charge in [-0.05, 0) is 29.8 Å². The summed E-state index contributed by atoms with van der Waals surface area (Å²) >= 11 is 5.69. The lowest BCUT2D eigenvalue weighted by molar-refractivity contribution is 0.627. The van der Waals surface area contributed by atoms with Gasteiger partial charge in [-0.25, -0.2) is 9.37 Å². The van der Waals surface area contributed by atoms with Crippen LogP contribution >= 0.6 is 11.6 Å². The van der Waals surface area contributed by atoms with Gasteiger partial charge in [0, 0.05) is 6.54 Å². The highest BCUT2D eigenvalue weighted by molar-refractivity contribution is 6.30. The fraction of sp³-hybridized carbons (Fsp3) is 0.0769.